The molecule has 0 aromatic heterocycles. The van der Waals surface area contributed by atoms with Crippen molar-refractivity contribution in [3.05, 3.63) is 47.5 Å². The molecule has 2 heterocycles. The molecule has 1 saturated heterocycles. The second-order valence-corrected chi connectivity index (χ2v) is 12.8. The molecule has 3 amide bonds. The predicted octanol–water partition coefficient (Wildman–Crippen LogP) is 1.83. The van der Waals surface area contributed by atoms with Gasteiger partial charge in [-0.25, -0.2) is 8.42 Å². The molecule has 0 spiro atoms. The van der Waals surface area contributed by atoms with Gasteiger partial charge in [0.25, 0.3) is 11.8 Å². The predicted molar refractivity (Wildman–Crippen MR) is 142 cm³/mol. The number of hydrogen-bond acceptors (Lipinski definition) is 7. The van der Waals surface area contributed by atoms with Gasteiger partial charge in [-0.15, -0.1) is 0 Å². The van der Waals surface area contributed by atoms with E-state index in [-0.39, 0.29) is 42.9 Å². The number of nitrogens with zero attached hydrogens (tertiary/aromatic N) is 1. The molecule has 2 aliphatic rings. The Bertz CT molecular complexity index is 1320. The molecule has 11 heteroatoms. The third-order valence-electron chi connectivity index (χ3n) is 7.09. The van der Waals surface area contributed by atoms with Crippen molar-refractivity contribution in [1.29, 1.82) is 0 Å². The molecule has 1 fully saturated rings. The molecule has 3 atom stereocenters. The zero-order valence-corrected chi connectivity index (χ0v) is 22.3. The molecular weight excluding hydrogens is 510 g/mol. The SMILES string of the molecule is CC(C)C[C@@H](NC(CCN1C(=O)c2cc3ccccc3cc2C1=O)C(=O)O)C(=O)NC[C@@H]1CCS(=O)(=O)C1. The Morgan fingerprint density at radius 2 is 1.66 bits per heavy atom. The minimum absolute atomic E-state index is 0.0309. The van der Waals surface area contributed by atoms with E-state index in [1.54, 1.807) is 12.1 Å². The first-order chi connectivity index (χ1) is 17.9. The van der Waals surface area contributed by atoms with Gasteiger partial charge >= 0.3 is 5.97 Å². The van der Waals surface area contributed by atoms with E-state index in [2.05, 4.69) is 10.6 Å². The normalized spacial score (nSPS) is 20.1. The molecule has 0 aliphatic carbocycles. The highest BCUT2D eigenvalue weighted by Crippen LogP contribution is 2.28. The number of rotatable bonds is 11. The highest BCUT2D eigenvalue weighted by Gasteiger charge is 2.37. The zero-order chi connectivity index (χ0) is 27.6. The molecule has 2 aromatic rings. The fourth-order valence-electron chi connectivity index (χ4n) is 5.08. The molecule has 38 heavy (non-hydrogen) atoms. The Hall–Kier alpha value is -3.31. The van der Waals surface area contributed by atoms with Gasteiger partial charge in [0.2, 0.25) is 5.91 Å². The summed E-state index contributed by atoms with van der Waals surface area (Å²) < 4.78 is 23.4. The molecule has 1 unspecified atom stereocenters. The largest absolute Gasteiger partial charge is 0.480 e. The van der Waals surface area contributed by atoms with Crippen LogP contribution < -0.4 is 10.6 Å². The molecule has 2 aromatic carbocycles. The number of fused-ring (bicyclic) bond motifs is 2. The van der Waals surface area contributed by atoms with Gasteiger partial charge in [-0.2, -0.15) is 0 Å². The lowest BCUT2D eigenvalue weighted by Crippen LogP contribution is -2.53. The van der Waals surface area contributed by atoms with Crippen LogP contribution in [-0.4, -0.2) is 78.8 Å². The average molecular weight is 544 g/mol. The Balaban J connectivity index is 1.41. The number of amides is 3. The van der Waals surface area contributed by atoms with Crippen LogP contribution in [0, 0.1) is 11.8 Å². The number of carbonyl (C=O) groups is 4. The summed E-state index contributed by atoms with van der Waals surface area (Å²) in [7, 11) is -3.07. The molecule has 0 bridgehead atoms. The maximum absolute atomic E-state index is 13.0. The quantitative estimate of drug-likeness (QED) is 0.363. The van der Waals surface area contributed by atoms with E-state index < -0.39 is 45.6 Å². The Morgan fingerprint density at radius 1 is 1.05 bits per heavy atom. The molecule has 10 nitrogen and oxygen atoms in total. The molecule has 0 radical (unpaired) electrons. The first-order valence-corrected chi connectivity index (χ1v) is 14.6. The highest BCUT2D eigenvalue weighted by molar-refractivity contribution is 7.91. The van der Waals surface area contributed by atoms with Gasteiger partial charge in [-0.05, 0) is 54.0 Å². The monoisotopic (exact) mass is 543 g/mol. The minimum atomic E-state index is -3.07. The van der Waals surface area contributed by atoms with Gasteiger partial charge in [-0.1, -0.05) is 38.1 Å². The standard InChI is InChI=1S/C27H33N3O7S/c1-16(2)11-23(24(31)28-14-17-8-10-38(36,37)15-17)29-22(27(34)35)7-9-30-25(32)20-12-18-5-3-4-6-19(18)13-21(20)26(30)33/h3-6,12-13,16-17,22-23,29H,7-11,14-15H2,1-2H3,(H,28,31)(H,34,35)/t17-,22?,23+/m0/s1. The van der Waals surface area contributed by atoms with Crippen LogP contribution in [-0.2, 0) is 19.4 Å². The Labute approximate surface area is 221 Å². The molecular formula is C27H33N3O7S. The topological polar surface area (TPSA) is 150 Å². The van der Waals surface area contributed by atoms with Gasteiger partial charge in [0, 0.05) is 13.1 Å². The van der Waals surface area contributed by atoms with Crippen molar-refractivity contribution in [3.8, 4) is 0 Å². The van der Waals surface area contributed by atoms with E-state index in [1.807, 2.05) is 38.1 Å². The van der Waals surface area contributed by atoms with Gasteiger partial charge in [0.05, 0.1) is 28.7 Å². The van der Waals surface area contributed by atoms with Crippen LogP contribution in [0.15, 0.2) is 36.4 Å². The van der Waals surface area contributed by atoms with Crippen molar-refractivity contribution < 1.29 is 32.7 Å². The summed E-state index contributed by atoms with van der Waals surface area (Å²) in [5.74, 6) is -2.49. The first-order valence-electron chi connectivity index (χ1n) is 12.8. The number of sulfone groups is 1. The van der Waals surface area contributed by atoms with E-state index in [9.17, 15) is 32.7 Å². The van der Waals surface area contributed by atoms with Crippen molar-refractivity contribution in [2.45, 2.75) is 45.2 Å². The van der Waals surface area contributed by atoms with Gasteiger partial charge in [0.1, 0.15) is 6.04 Å². The number of benzene rings is 2. The molecule has 4 rings (SSSR count). The van der Waals surface area contributed by atoms with E-state index in [4.69, 9.17) is 0 Å². The van der Waals surface area contributed by atoms with E-state index >= 15 is 0 Å². The van der Waals surface area contributed by atoms with Crippen molar-refractivity contribution >= 4 is 44.3 Å². The zero-order valence-electron chi connectivity index (χ0n) is 21.5. The first kappa shape index (κ1) is 27.7. The van der Waals surface area contributed by atoms with E-state index in [1.165, 1.54) is 0 Å². The minimum Gasteiger partial charge on any atom is -0.480 e. The van der Waals surface area contributed by atoms with E-state index in [0.717, 1.165) is 15.7 Å². The fraction of sp³-hybridized carbons (Fsp3) is 0.481. The van der Waals surface area contributed by atoms with Gasteiger partial charge in [-0.3, -0.25) is 29.4 Å². The van der Waals surface area contributed by atoms with Crippen molar-refractivity contribution in [2.75, 3.05) is 24.6 Å². The van der Waals surface area contributed by atoms with Crippen LogP contribution in [0.2, 0.25) is 0 Å². The van der Waals surface area contributed by atoms with Crippen molar-refractivity contribution in [2.24, 2.45) is 11.8 Å². The summed E-state index contributed by atoms with van der Waals surface area (Å²) in [6, 6.07) is 8.73. The van der Waals surface area contributed by atoms with Crippen LogP contribution in [0.5, 0.6) is 0 Å². The third kappa shape index (κ3) is 6.21. The molecule has 2 aliphatic heterocycles. The van der Waals surface area contributed by atoms with E-state index in [0.29, 0.717) is 24.0 Å². The lowest BCUT2D eigenvalue weighted by molar-refractivity contribution is -0.140. The third-order valence-corrected chi connectivity index (χ3v) is 8.93. The number of carboxylic acids is 1. The maximum Gasteiger partial charge on any atom is 0.320 e. The number of aliphatic carboxylic acids is 1. The Kier molecular flexibility index (Phi) is 8.17. The second-order valence-electron chi connectivity index (χ2n) is 10.5. The van der Waals surface area contributed by atoms with Gasteiger partial charge < -0.3 is 10.4 Å². The summed E-state index contributed by atoms with van der Waals surface area (Å²) in [6.45, 7) is 3.90. The summed E-state index contributed by atoms with van der Waals surface area (Å²) in [5.41, 5.74) is 0.582. The number of carbonyl (C=O) groups excluding carboxylic acids is 3. The molecule has 3 N–H and O–H groups in total. The van der Waals surface area contributed by atoms with Crippen LogP contribution in [0.25, 0.3) is 10.8 Å². The second kappa shape index (κ2) is 11.2. The lowest BCUT2D eigenvalue weighted by Gasteiger charge is -2.25. The molecule has 204 valence electrons. The summed E-state index contributed by atoms with van der Waals surface area (Å²) in [4.78, 5) is 52.1. The number of nitrogens with one attached hydrogen (secondary N) is 2. The van der Waals surface area contributed by atoms with Crippen LogP contribution in [0.1, 0.15) is 53.8 Å². The van der Waals surface area contributed by atoms with Crippen molar-refractivity contribution in [1.82, 2.24) is 15.5 Å². The van der Waals surface area contributed by atoms with Crippen molar-refractivity contribution in [3.63, 3.8) is 0 Å². The average Bonchev–Trinajstić information content (AvgIpc) is 3.33. The van der Waals surface area contributed by atoms with Crippen LogP contribution >= 0.6 is 0 Å². The number of carboxylic acid groups (broad SMARTS) is 1. The molecule has 0 saturated carbocycles. The summed E-state index contributed by atoms with van der Waals surface area (Å²) >= 11 is 0. The fourth-order valence-corrected chi connectivity index (χ4v) is 6.94. The smallest absolute Gasteiger partial charge is 0.320 e. The van der Waals surface area contributed by atoms with Crippen LogP contribution in [0.3, 0.4) is 0 Å². The van der Waals surface area contributed by atoms with Crippen LogP contribution in [0.4, 0.5) is 0 Å². The number of hydrogen-bond donors (Lipinski definition) is 3. The number of imide groups is 1. The lowest BCUT2D eigenvalue weighted by atomic mass is 10.0. The maximum atomic E-state index is 13.0. The summed E-state index contributed by atoms with van der Waals surface area (Å²) in [6.07, 6.45) is 0.764. The summed E-state index contributed by atoms with van der Waals surface area (Å²) in [5, 5.41) is 17.2. The van der Waals surface area contributed by atoms with Gasteiger partial charge in [0.15, 0.2) is 9.84 Å². The Morgan fingerprint density at radius 3 is 2.16 bits per heavy atom. The highest BCUT2D eigenvalue weighted by atomic mass is 32.2.